The summed E-state index contributed by atoms with van der Waals surface area (Å²) < 4.78 is 20.9. The molecular formula is C15H20ClFN2OS. The number of hydrogen-bond donors (Lipinski definition) is 0. The van der Waals surface area contributed by atoms with Gasteiger partial charge in [-0.3, -0.25) is 0 Å². The second kappa shape index (κ2) is 7.90. The second-order valence-electron chi connectivity index (χ2n) is 4.84. The first-order valence-corrected chi connectivity index (χ1v) is 8.91. The monoisotopic (exact) mass is 330 g/mol. The van der Waals surface area contributed by atoms with E-state index in [9.17, 15) is 4.39 Å². The van der Waals surface area contributed by atoms with E-state index in [1.54, 1.807) is 6.07 Å². The Labute approximate surface area is 133 Å². The molecule has 0 saturated carbocycles. The van der Waals surface area contributed by atoms with Crippen LogP contribution < -0.4 is 4.74 Å². The largest absolute Gasteiger partial charge is 0.494 e. The van der Waals surface area contributed by atoms with Crippen LogP contribution in [0.15, 0.2) is 12.1 Å². The molecule has 0 radical (unpaired) electrons. The van der Waals surface area contributed by atoms with Gasteiger partial charge in [-0.15, -0.1) is 11.6 Å². The number of unbranched alkanes of at least 4 members (excludes halogenated alkanes) is 2. The van der Waals surface area contributed by atoms with E-state index in [1.807, 2.05) is 11.8 Å². The average Bonchev–Trinajstić information content (AvgIpc) is 2.83. The maximum atomic E-state index is 13.7. The SMILES string of the molecule is COc1cc2c(cc1F)nc(CCl)n2CCCCCSC. The first kappa shape index (κ1) is 16.4. The molecule has 0 aliphatic carbocycles. The number of alkyl halides is 1. The highest BCUT2D eigenvalue weighted by molar-refractivity contribution is 7.98. The van der Waals surface area contributed by atoms with Crippen molar-refractivity contribution < 1.29 is 9.13 Å². The first-order chi connectivity index (χ1) is 10.2. The minimum Gasteiger partial charge on any atom is -0.494 e. The Hall–Kier alpha value is -0.940. The van der Waals surface area contributed by atoms with Crippen molar-refractivity contribution in [3.05, 3.63) is 23.8 Å². The van der Waals surface area contributed by atoms with Crippen LogP contribution in [0.5, 0.6) is 5.75 Å². The van der Waals surface area contributed by atoms with Gasteiger partial charge in [0.25, 0.3) is 0 Å². The van der Waals surface area contributed by atoms with Crippen LogP contribution in [-0.4, -0.2) is 28.7 Å². The van der Waals surface area contributed by atoms with Gasteiger partial charge >= 0.3 is 0 Å². The summed E-state index contributed by atoms with van der Waals surface area (Å²) in [7, 11) is 1.47. The van der Waals surface area contributed by atoms with Crippen molar-refractivity contribution in [2.24, 2.45) is 0 Å². The molecule has 2 rings (SSSR count). The lowest BCUT2D eigenvalue weighted by atomic mass is 10.2. The van der Waals surface area contributed by atoms with Gasteiger partial charge in [-0.05, 0) is 24.9 Å². The fourth-order valence-corrected chi connectivity index (χ4v) is 3.07. The first-order valence-electron chi connectivity index (χ1n) is 6.98. The smallest absolute Gasteiger partial charge is 0.167 e. The Kier molecular flexibility index (Phi) is 6.18. The minimum atomic E-state index is -0.393. The molecule has 6 heteroatoms. The van der Waals surface area contributed by atoms with Crippen molar-refractivity contribution in [1.82, 2.24) is 9.55 Å². The predicted molar refractivity (Wildman–Crippen MR) is 88.0 cm³/mol. The van der Waals surface area contributed by atoms with Gasteiger partial charge in [-0.1, -0.05) is 6.42 Å². The molecule has 0 atom stereocenters. The van der Waals surface area contributed by atoms with Crippen LogP contribution in [0, 0.1) is 5.82 Å². The highest BCUT2D eigenvalue weighted by atomic mass is 35.5. The molecule has 2 aromatic rings. The van der Waals surface area contributed by atoms with Crippen molar-refractivity contribution in [2.45, 2.75) is 31.7 Å². The number of imidazole rings is 1. The summed E-state index contributed by atoms with van der Waals surface area (Å²) >= 11 is 7.84. The van der Waals surface area contributed by atoms with Gasteiger partial charge in [-0.2, -0.15) is 11.8 Å². The number of benzene rings is 1. The highest BCUT2D eigenvalue weighted by Crippen LogP contribution is 2.26. The normalized spacial score (nSPS) is 11.2. The molecule has 0 aliphatic rings. The number of aromatic nitrogens is 2. The van der Waals surface area contributed by atoms with E-state index >= 15 is 0 Å². The molecule has 1 heterocycles. The molecule has 0 aliphatic heterocycles. The summed E-state index contributed by atoms with van der Waals surface area (Å²) in [6.07, 6.45) is 5.56. The minimum absolute atomic E-state index is 0.243. The van der Waals surface area contributed by atoms with Gasteiger partial charge in [0.1, 0.15) is 5.82 Å². The van der Waals surface area contributed by atoms with Crippen LogP contribution in [0.1, 0.15) is 25.1 Å². The van der Waals surface area contributed by atoms with E-state index in [4.69, 9.17) is 16.3 Å². The van der Waals surface area contributed by atoms with Gasteiger partial charge in [0.15, 0.2) is 11.6 Å². The lowest BCUT2D eigenvalue weighted by Gasteiger charge is -2.08. The van der Waals surface area contributed by atoms with Gasteiger partial charge in [0.2, 0.25) is 0 Å². The summed E-state index contributed by atoms with van der Waals surface area (Å²) in [6, 6.07) is 3.12. The quantitative estimate of drug-likeness (QED) is 0.528. The number of thioether (sulfide) groups is 1. The predicted octanol–water partition coefficient (Wildman–Crippen LogP) is 4.46. The number of rotatable bonds is 8. The number of ether oxygens (including phenoxy) is 1. The second-order valence-corrected chi connectivity index (χ2v) is 6.10. The van der Waals surface area contributed by atoms with Crippen molar-refractivity contribution in [1.29, 1.82) is 0 Å². The van der Waals surface area contributed by atoms with E-state index in [1.165, 1.54) is 31.8 Å². The van der Waals surface area contributed by atoms with E-state index in [2.05, 4.69) is 15.8 Å². The topological polar surface area (TPSA) is 27.1 Å². The molecule has 0 fully saturated rings. The van der Waals surface area contributed by atoms with E-state index in [-0.39, 0.29) is 5.75 Å². The maximum absolute atomic E-state index is 13.7. The standard InChI is InChI=1S/C15H20ClFN2OS/c1-20-14-9-13-12(8-11(14)17)18-15(10-16)19(13)6-4-3-5-7-21-2/h8-9H,3-7,10H2,1-2H3. The van der Waals surface area contributed by atoms with Crippen LogP contribution in [0.4, 0.5) is 4.39 Å². The van der Waals surface area contributed by atoms with Gasteiger partial charge in [0, 0.05) is 18.7 Å². The summed E-state index contributed by atoms with van der Waals surface area (Å²) in [5, 5.41) is 0. The Bertz CT molecular complexity index is 603. The molecular weight excluding hydrogens is 311 g/mol. The molecule has 21 heavy (non-hydrogen) atoms. The third kappa shape index (κ3) is 3.83. The highest BCUT2D eigenvalue weighted by Gasteiger charge is 2.13. The van der Waals surface area contributed by atoms with E-state index < -0.39 is 5.82 Å². The number of methoxy groups -OCH3 is 1. The zero-order valence-corrected chi connectivity index (χ0v) is 13.9. The lowest BCUT2D eigenvalue weighted by Crippen LogP contribution is -2.03. The molecule has 0 saturated heterocycles. The summed E-state index contributed by atoms with van der Waals surface area (Å²) in [6.45, 7) is 0.849. The summed E-state index contributed by atoms with van der Waals surface area (Å²) in [5.74, 6) is 2.14. The fraction of sp³-hybridized carbons (Fsp3) is 0.533. The zero-order valence-electron chi connectivity index (χ0n) is 12.4. The van der Waals surface area contributed by atoms with Crippen LogP contribution >= 0.6 is 23.4 Å². The third-order valence-corrected chi connectivity index (χ3v) is 4.39. The maximum Gasteiger partial charge on any atom is 0.167 e. The molecule has 1 aromatic heterocycles. The molecule has 3 nitrogen and oxygen atoms in total. The summed E-state index contributed by atoms with van der Waals surface area (Å²) in [4.78, 5) is 4.41. The number of nitrogens with zero attached hydrogens (tertiary/aromatic N) is 2. The number of fused-ring (bicyclic) bond motifs is 1. The summed E-state index contributed by atoms with van der Waals surface area (Å²) in [5.41, 5.74) is 1.52. The molecule has 0 spiro atoms. The fourth-order valence-electron chi connectivity index (χ4n) is 2.38. The molecule has 0 unspecified atom stereocenters. The van der Waals surface area contributed by atoms with Crippen molar-refractivity contribution in [3.63, 3.8) is 0 Å². The number of halogens is 2. The Balaban J connectivity index is 2.23. The van der Waals surface area contributed by atoms with Gasteiger partial charge < -0.3 is 9.30 Å². The molecule has 0 amide bonds. The average molecular weight is 331 g/mol. The molecule has 116 valence electrons. The van der Waals surface area contributed by atoms with Crippen molar-refractivity contribution >= 4 is 34.4 Å². The molecule has 1 aromatic carbocycles. The van der Waals surface area contributed by atoms with Crippen LogP contribution in [0.3, 0.4) is 0 Å². The van der Waals surface area contributed by atoms with Crippen molar-refractivity contribution in [3.8, 4) is 5.75 Å². The number of hydrogen-bond acceptors (Lipinski definition) is 3. The lowest BCUT2D eigenvalue weighted by molar-refractivity contribution is 0.387. The third-order valence-electron chi connectivity index (χ3n) is 3.45. The van der Waals surface area contributed by atoms with Crippen molar-refractivity contribution in [2.75, 3.05) is 19.1 Å². The van der Waals surface area contributed by atoms with Gasteiger partial charge in [0.05, 0.1) is 24.0 Å². The van der Waals surface area contributed by atoms with Crippen LogP contribution in [-0.2, 0) is 12.4 Å². The van der Waals surface area contributed by atoms with E-state index in [0.29, 0.717) is 11.4 Å². The number of aryl methyl sites for hydroxylation is 1. The Morgan fingerprint density at radius 3 is 2.81 bits per heavy atom. The van der Waals surface area contributed by atoms with Gasteiger partial charge in [-0.25, -0.2) is 9.37 Å². The molecule has 0 bridgehead atoms. The zero-order chi connectivity index (χ0) is 15.2. The Morgan fingerprint density at radius 1 is 1.33 bits per heavy atom. The van der Waals surface area contributed by atoms with Crippen LogP contribution in [0.25, 0.3) is 11.0 Å². The van der Waals surface area contributed by atoms with Crippen LogP contribution in [0.2, 0.25) is 0 Å². The van der Waals surface area contributed by atoms with E-state index in [0.717, 1.165) is 24.3 Å². The molecule has 0 N–H and O–H groups in total. The Morgan fingerprint density at radius 2 is 2.14 bits per heavy atom.